The largest absolute Gasteiger partial charge is 0.468 e. The first kappa shape index (κ1) is 17.4. The summed E-state index contributed by atoms with van der Waals surface area (Å²) in [6.07, 6.45) is 0. The van der Waals surface area contributed by atoms with E-state index in [0.29, 0.717) is 15.6 Å². The van der Waals surface area contributed by atoms with Crippen molar-refractivity contribution in [3.05, 3.63) is 45.5 Å². The lowest BCUT2D eigenvalue weighted by molar-refractivity contribution is -0.150. The van der Waals surface area contributed by atoms with Crippen LogP contribution in [0.2, 0.25) is 5.02 Å². The van der Waals surface area contributed by atoms with Gasteiger partial charge in [0.15, 0.2) is 0 Å². The molecule has 2 rings (SSSR count). The number of hydrogen-bond donors (Lipinski definition) is 1. The third kappa shape index (κ3) is 3.52. The van der Waals surface area contributed by atoms with Gasteiger partial charge in [0.1, 0.15) is 5.92 Å². The molecule has 1 aliphatic heterocycles. The van der Waals surface area contributed by atoms with Crippen molar-refractivity contribution in [1.29, 1.82) is 5.26 Å². The topological polar surface area (TPSA) is 79.2 Å². The molecule has 0 spiro atoms. The molecule has 0 saturated carbocycles. The Balaban J connectivity index is 2.56. The van der Waals surface area contributed by atoms with Gasteiger partial charge in [0.25, 0.3) is 0 Å². The third-order valence-electron chi connectivity index (χ3n) is 3.65. The summed E-state index contributed by atoms with van der Waals surface area (Å²) >= 11 is 7.50. The number of halogens is 1. The lowest BCUT2D eigenvalue weighted by Crippen LogP contribution is -2.43. The molecule has 120 valence electrons. The number of nitrogens with one attached hydrogen (secondary N) is 1. The maximum atomic E-state index is 12.4. The lowest BCUT2D eigenvalue weighted by Gasteiger charge is -2.32. The Labute approximate surface area is 143 Å². The number of hydrogen-bond acceptors (Lipinski definition) is 5. The van der Waals surface area contributed by atoms with Crippen LogP contribution in [0.15, 0.2) is 34.9 Å². The average molecular weight is 351 g/mol. The van der Waals surface area contributed by atoms with Crippen molar-refractivity contribution in [2.45, 2.75) is 12.8 Å². The van der Waals surface area contributed by atoms with E-state index in [1.807, 2.05) is 13.0 Å². The van der Waals surface area contributed by atoms with Crippen LogP contribution in [0.25, 0.3) is 0 Å². The predicted octanol–water partition coefficient (Wildman–Crippen LogP) is 2.83. The van der Waals surface area contributed by atoms with Crippen LogP contribution < -0.4 is 5.32 Å². The highest BCUT2D eigenvalue weighted by Gasteiger charge is 2.43. The molecule has 1 aromatic carbocycles. The first-order valence-electron chi connectivity index (χ1n) is 6.84. The fourth-order valence-corrected chi connectivity index (χ4v) is 3.58. The van der Waals surface area contributed by atoms with Gasteiger partial charge in [-0.3, -0.25) is 9.59 Å². The van der Waals surface area contributed by atoms with Crippen molar-refractivity contribution in [3.8, 4) is 6.07 Å². The number of benzene rings is 1. The maximum Gasteiger partial charge on any atom is 0.319 e. The van der Waals surface area contributed by atoms with Crippen LogP contribution in [0, 0.1) is 17.2 Å². The maximum absolute atomic E-state index is 12.4. The van der Waals surface area contributed by atoms with Crippen molar-refractivity contribution < 1.29 is 14.3 Å². The average Bonchev–Trinajstić information content (AvgIpc) is 2.55. The second kappa shape index (κ2) is 7.53. The Morgan fingerprint density at radius 2 is 2.17 bits per heavy atom. The molecule has 0 saturated heterocycles. The number of methoxy groups -OCH3 is 1. The van der Waals surface area contributed by atoms with E-state index in [1.165, 1.54) is 18.9 Å². The molecule has 1 aliphatic rings. The zero-order valence-electron chi connectivity index (χ0n) is 12.6. The summed E-state index contributed by atoms with van der Waals surface area (Å²) in [5.74, 6) is -2.40. The number of rotatable bonds is 4. The Bertz CT molecular complexity index is 712. The number of nitriles is 1. The van der Waals surface area contributed by atoms with Gasteiger partial charge in [-0.1, -0.05) is 41.6 Å². The molecule has 0 fully saturated rings. The Kier molecular flexibility index (Phi) is 5.69. The summed E-state index contributed by atoms with van der Waals surface area (Å²) in [6, 6.07) is 9.11. The van der Waals surface area contributed by atoms with Gasteiger partial charge in [0.05, 0.1) is 24.0 Å². The van der Waals surface area contributed by atoms with E-state index in [-0.39, 0.29) is 5.75 Å². The standard InChI is InChI=1S/C16H15ClN2O3S/c1-9-12(10-5-3-4-6-11(10)17)13(16(21)22-2)14(20)19-15(9)23-8-7-18/h3-6,12-13H,8H2,1-2H3,(H,19,20)/t12-,13+/m1/s1. The minimum Gasteiger partial charge on any atom is -0.468 e. The Hall–Kier alpha value is -1.97. The summed E-state index contributed by atoms with van der Waals surface area (Å²) in [5.41, 5.74) is 1.47. The van der Waals surface area contributed by atoms with Gasteiger partial charge in [-0.15, -0.1) is 0 Å². The van der Waals surface area contributed by atoms with Crippen LogP contribution in [0.1, 0.15) is 18.4 Å². The summed E-state index contributed by atoms with van der Waals surface area (Å²) in [6.45, 7) is 1.82. The van der Waals surface area contributed by atoms with E-state index in [2.05, 4.69) is 5.32 Å². The SMILES string of the molecule is COC(=O)[C@@H]1C(=O)NC(SCC#N)=C(C)[C@@H]1c1ccccc1Cl. The van der Waals surface area contributed by atoms with Crippen LogP contribution in [-0.2, 0) is 14.3 Å². The van der Waals surface area contributed by atoms with E-state index in [0.717, 1.165) is 5.57 Å². The molecular weight excluding hydrogens is 336 g/mol. The molecule has 5 nitrogen and oxygen atoms in total. The van der Waals surface area contributed by atoms with Crippen LogP contribution in [0.3, 0.4) is 0 Å². The van der Waals surface area contributed by atoms with E-state index in [1.54, 1.807) is 24.3 Å². The van der Waals surface area contributed by atoms with Crippen molar-refractivity contribution >= 4 is 35.2 Å². The molecule has 0 aliphatic carbocycles. The van der Waals surface area contributed by atoms with E-state index < -0.39 is 23.7 Å². The minimum atomic E-state index is -1.01. The van der Waals surface area contributed by atoms with Crippen molar-refractivity contribution in [1.82, 2.24) is 5.32 Å². The molecule has 1 heterocycles. The van der Waals surface area contributed by atoms with Gasteiger partial charge in [-0.25, -0.2) is 0 Å². The fourth-order valence-electron chi connectivity index (χ4n) is 2.60. The molecule has 0 radical (unpaired) electrons. The molecule has 1 N–H and O–H groups in total. The monoisotopic (exact) mass is 350 g/mol. The van der Waals surface area contributed by atoms with Crippen molar-refractivity contribution in [2.75, 3.05) is 12.9 Å². The second-order valence-electron chi connectivity index (χ2n) is 4.95. The zero-order chi connectivity index (χ0) is 17.0. The van der Waals surface area contributed by atoms with E-state index in [9.17, 15) is 9.59 Å². The number of nitrogens with zero attached hydrogens (tertiary/aromatic N) is 1. The zero-order valence-corrected chi connectivity index (χ0v) is 14.2. The molecule has 0 unspecified atom stereocenters. The molecule has 0 aromatic heterocycles. The van der Waals surface area contributed by atoms with Gasteiger partial charge in [-0.2, -0.15) is 5.26 Å². The number of allylic oxidation sites excluding steroid dienone is 1. The number of thioether (sulfide) groups is 1. The molecular formula is C16H15ClN2O3S. The molecule has 23 heavy (non-hydrogen) atoms. The molecule has 2 atom stereocenters. The predicted molar refractivity (Wildman–Crippen MR) is 88.6 cm³/mol. The second-order valence-corrected chi connectivity index (χ2v) is 6.34. The van der Waals surface area contributed by atoms with Gasteiger partial charge in [-0.05, 0) is 24.1 Å². The van der Waals surface area contributed by atoms with E-state index in [4.69, 9.17) is 21.6 Å². The van der Waals surface area contributed by atoms with Crippen LogP contribution in [-0.4, -0.2) is 24.7 Å². The van der Waals surface area contributed by atoms with Gasteiger partial charge in [0.2, 0.25) is 5.91 Å². The normalized spacial score (nSPS) is 20.7. The van der Waals surface area contributed by atoms with Crippen molar-refractivity contribution in [2.24, 2.45) is 5.92 Å². The first-order valence-corrected chi connectivity index (χ1v) is 8.21. The third-order valence-corrected chi connectivity index (χ3v) is 4.98. The van der Waals surface area contributed by atoms with E-state index >= 15 is 0 Å². The van der Waals surface area contributed by atoms with Crippen molar-refractivity contribution in [3.63, 3.8) is 0 Å². The quantitative estimate of drug-likeness (QED) is 0.667. The number of esters is 1. The lowest BCUT2D eigenvalue weighted by atomic mass is 9.79. The highest BCUT2D eigenvalue weighted by molar-refractivity contribution is 8.03. The van der Waals surface area contributed by atoms with Crippen LogP contribution in [0.4, 0.5) is 0 Å². The van der Waals surface area contributed by atoms with Gasteiger partial charge in [0, 0.05) is 10.9 Å². The highest BCUT2D eigenvalue weighted by Crippen LogP contribution is 2.42. The van der Waals surface area contributed by atoms with Gasteiger partial charge < -0.3 is 10.1 Å². The fraction of sp³-hybridized carbons (Fsp3) is 0.312. The van der Waals surface area contributed by atoms with Crippen LogP contribution >= 0.6 is 23.4 Å². The summed E-state index contributed by atoms with van der Waals surface area (Å²) < 4.78 is 4.79. The number of ether oxygens (including phenoxy) is 1. The number of carbonyl (C=O) groups is 2. The molecule has 1 amide bonds. The molecule has 1 aromatic rings. The summed E-state index contributed by atoms with van der Waals surface area (Å²) in [7, 11) is 1.25. The number of amides is 1. The molecule has 0 bridgehead atoms. The van der Waals surface area contributed by atoms with Crippen LogP contribution in [0.5, 0.6) is 0 Å². The highest BCUT2D eigenvalue weighted by atomic mass is 35.5. The minimum absolute atomic E-state index is 0.199. The first-order chi connectivity index (χ1) is 11.0. The van der Waals surface area contributed by atoms with Gasteiger partial charge >= 0.3 is 5.97 Å². The Morgan fingerprint density at radius 1 is 1.48 bits per heavy atom. The number of carbonyl (C=O) groups excluding carboxylic acids is 2. The Morgan fingerprint density at radius 3 is 2.78 bits per heavy atom. The smallest absolute Gasteiger partial charge is 0.319 e. The molecule has 7 heteroatoms. The summed E-state index contributed by atoms with van der Waals surface area (Å²) in [4.78, 5) is 24.6. The summed E-state index contributed by atoms with van der Waals surface area (Å²) in [5, 5.41) is 12.5.